The minimum Gasteiger partial charge on any atom is -0.480 e. The molecule has 1 atom stereocenters. The molecule has 3 aromatic carbocycles. The van der Waals surface area contributed by atoms with Crippen LogP contribution in [-0.4, -0.2) is 34.7 Å². The number of carbonyl (C=O) groups is 2. The van der Waals surface area contributed by atoms with Crippen molar-refractivity contribution < 1.29 is 24.4 Å². The van der Waals surface area contributed by atoms with Crippen molar-refractivity contribution in [3.63, 3.8) is 0 Å². The molecule has 0 saturated heterocycles. The van der Waals surface area contributed by atoms with Gasteiger partial charge in [0.1, 0.15) is 18.3 Å². The smallest absolute Gasteiger partial charge is 0.415 e. The number of carboxylic acid groups (broad SMARTS) is 1. The molecular weight excluding hydrogens is 472 g/mol. The largest absolute Gasteiger partial charge is 0.480 e. The van der Waals surface area contributed by atoms with E-state index in [1.165, 1.54) is 12.1 Å². The minimum absolute atomic E-state index is 0.0673. The first-order valence-corrected chi connectivity index (χ1v) is 11.4. The summed E-state index contributed by atoms with van der Waals surface area (Å²) in [5.41, 5.74) is 3.37. The predicted molar refractivity (Wildman–Crippen MR) is 132 cm³/mol. The van der Waals surface area contributed by atoms with E-state index in [-0.39, 0.29) is 23.2 Å². The van der Waals surface area contributed by atoms with E-state index in [1.807, 2.05) is 48.5 Å². The van der Waals surface area contributed by atoms with Gasteiger partial charge in [0.2, 0.25) is 0 Å². The van der Waals surface area contributed by atoms with Crippen molar-refractivity contribution in [1.82, 2.24) is 0 Å². The van der Waals surface area contributed by atoms with Crippen molar-refractivity contribution in [2.24, 2.45) is 5.92 Å². The first-order valence-electron chi connectivity index (χ1n) is 11.0. The van der Waals surface area contributed by atoms with Gasteiger partial charge in [-0.15, -0.1) is 0 Å². The normalized spacial score (nSPS) is 13.1. The summed E-state index contributed by atoms with van der Waals surface area (Å²) >= 11 is 6.08. The molecule has 0 heterocycles. The lowest BCUT2D eigenvalue weighted by Gasteiger charge is -2.31. The molecule has 35 heavy (non-hydrogen) atoms. The number of carbonyl (C=O) groups excluding carboxylic acids is 1. The molecule has 3 aromatic rings. The molecule has 0 aromatic heterocycles. The fraction of sp³-hybridized carbons (Fsp3) is 0.231. The van der Waals surface area contributed by atoms with Crippen LogP contribution in [0.1, 0.15) is 30.9 Å². The lowest BCUT2D eigenvalue weighted by molar-refractivity contribution is -0.384. The molecule has 0 bridgehead atoms. The molecule has 0 aliphatic heterocycles. The van der Waals surface area contributed by atoms with Gasteiger partial charge < -0.3 is 9.84 Å². The van der Waals surface area contributed by atoms with Crippen LogP contribution in [0.15, 0.2) is 66.7 Å². The average molecular weight is 495 g/mol. The molecule has 4 rings (SSSR count). The molecule has 1 N–H and O–H groups in total. The summed E-state index contributed by atoms with van der Waals surface area (Å²) in [7, 11) is 0. The van der Waals surface area contributed by atoms with Crippen molar-refractivity contribution in [3.05, 3.63) is 93.0 Å². The van der Waals surface area contributed by atoms with E-state index in [0.29, 0.717) is 0 Å². The van der Waals surface area contributed by atoms with E-state index in [2.05, 4.69) is 0 Å². The summed E-state index contributed by atoms with van der Waals surface area (Å²) in [6.45, 7) is 3.15. The van der Waals surface area contributed by atoms with Gasteiger partial charge in [-0.1, -0.05) is 74.0 Å². The Kier molecular flexibility index (Phi) is 6.75. The van der Waals surface area contributed by atoms with Crippen LogP contribution in [0, 0.1) is 16.0 Å². The number of benzene rings is 3. The van der Waals surface area contributed by atoms with Crippen molar-refractivity contribution in [3.8, 4) is 11.1 Å². The summed E-state index contributed by atoms with van der Waals surface area (Å²) in [5.74, 6) is -2.15. The van der Waals surface area contributed by atoms with Crippen molar-refractivity contribution in [2.45, 2.75) is 25.8 Å². The van der Waals surface area contributed by atoms with Gasteiger partial charge in [0, 0.05) is 17.0 Å². The number of rotatable bonds is 7. The van der Waals surface area contributed by atoms with Crippen LogP contribution in [0.2, 0.25) is 5.02 Å². The van der Waals surface area contributed by atoms with Gasteiger partial charge >= 0.3 is 12.1 Å². The highest BCUT2D eigenvalue weighted by Gasteiger charge is 2.39. The van der Waals surface area contributed by atoms with Gasteiger partial charge in [-0.05, 0) is 40.3 Å². The molecule has 1 aliphatic carbocycles. The number of nitrogens with zero attached hydrogens (tertiary/aromatic N) is 2. The van der Waals surface area contributed by atoms with Crippen LogP contribution < -0.4 is 4.90 Å². The molecule has 0 saturated carbocycles. The quantitative estimate of drug-likeness (QED) is 0.313. The minimum atomic E-state index is -1.41. The van der Waals surface area contributed by atoms with E-state index in [1.54, 1.807) is 13.8 Å². The Bertz CT molecular complexity index is 1260. The zero-order valence-corrected chi connectivity index (χ0v) is 19.8. The number of carboxylic acids is 1. The highest BCUT2D eigenvalue weighted by molar-refractivity contribution is 6.31. The molecule has 0 spiro atoms. The van der Waals surface area contributed by atoms with E-state index >= 15 is 0 Å². The lowest BCUT2D eigenvalue weighted by atomic mass is 9.98. The Morgan fingerprint density at radius 2 is 1.63 bits per heavy atom. The van der Waals surface area contributed by atoms with Gasteiger partial charge in [0.05, 0.1) is 4.92 Å². The van der Waals surface area contributed by atoms with E-state index in [4.69, 9.17) is 16.3 Å². The maximum Gasteiger partial charge on any atom is 0.415 e. The third kappa shape index (κ3) is 4.57. The van der Waals surface area contributed by atoms with Gasteiger partial charge in [-0.25, -0.2) is 9.59 Å². The van der Waals surface area contributed by atoms with Crippen LogP contribution in [-0.2, 0) is 9.53 Å². The Balaban J connectivity index is 1.71. The average Bonchev–Trinajstić information content (AvgIpc) is 3.14. The van der Waals surface area contributed by atoms with Gasteiger partial charge in [-0.2, -0.15) is 0 Å². The van der Waals surface area contributed by atoms with E-state index in [9.17, 15) is 24.8 Å². The van der Waals surface area contributed by atoms with Crippen molar-refractivity contribution in [1.29, 1.82) is 0 Å². The fourth-order valence-electron chi connectivity index (χ4n) is 4.56. The number of nitro groups is 1. The zero-order valence-electron chi connectivity index (χ0n) is 19.1. The fourth-order valence-corrected chi connectivity index (χ4v) is 4.73. The molecule has 180 valence electrons. The topological polar surface area (TPSA) is 110 Å². The monoisotopic (exact) mass is 494 g/mol. The SMILES string of the molecule is CC(C)C(C(=O)O)N(C(=O)OCC1c2ccccc2-c2ccccc21)c1cc(Cl)ccc1[N+](=O)[O-]. The Labute approximate surface area is 206 Å². The Hall–Kier alpha value is -3.91. The summed E-state index contributed by atoms with van der Waals surface area (Å²) in [5, 5.41) is 21.7. The molecule has 9 heteroatoms. The molecule has 0 fully saturated rings. The van der Waals surface area contributed by atoms with Crippen LogP contribution in [0.5, 0.6) is 0 Å². The Morgan fingerprint density at radius 3 is 2.14 bits per heavy atom. The highest BCUT2D eigenvalue weighted by Crippen LogP contribution is 2.44. The molecule has 8 nitrogen and oxygen atoms in total. The van der Waals surface area contributed by atoms with Crippen LogP contribution in [0.3, 0.4) is 0 Å². The standard InChI is InChI=1S/C26H23ClN2O6/c1-15(2)24(25(30)31)28(23-13-16(27)11-12-22(23)29(33)34)26(32)35-14-21-19-9-5-3-7-17(19)18-8-4-6-10-20(18)21/h3-13,15,21,24H,14H2,1-2H3,(H,30,31). The lowest BCUT2D eigenvalue weighted by Crippen LogP contribution is -2.49. The maximum atomic E-state index is 13.4. The summed E-state index contributed by atoms with van der Waals surface area (Å²) in [6.07, 6.45) is -1.00. The number of halogens is 1. The van der Waals surface area contributed by atoms with Gasteiger partial charge in [0.15, 0.2) is 0 Å². The number of hydrogen-bond acceptors (Lipinski definition) is 5. The molecule has 0 radical (unpaired) electrons. The van der Waals surface area contributed by atoms with Crippen molar-refractivity contribution >= 4 is 35.0 Å². The number of nitro benzene ring substituents is 1. The van der Waals surface area contributed by atoms with E-state index < -0.39 is 34.6 Å². The Morgan fingerprint density at radius 1 is 1.06 bits per heavy atom. The third-order valence-electron chi connectivity index (χ3n) is 6.09. The van der Waals surface area contributed by atoms with Crippen LogP contribution in [0.25, 0.3) is 11.1 Å². The van der Waals surface area contributed by atoms with E-state index in [0.717, 1.165) is 33.2 Å². The number of hydrogen-bond donors (Lipinski definition) is 1. The number of anilines is 1. The number of ether oxygens (including phenoxy) is 1. The van der Waals surface area contributed by atoms with Crippen LogP contribution in [0.4, 0.5) is 16.2 Å². The number of aliphatic carboxylic acids is 1. The predicted octanol–water partition coefficient (Wildman–Crippen LogP) is 6.11. The first-order chi connectivity index (χ1) is 16.7. The molecule has 1 amide bonds. The molecule has 1 unspecified atom stereocenters. The van der Waals surface area contributed by atoms with Crippen molar-refractivity contribution in [2.75, 3.05) is 11.5 Å². The second-order valence-corrected chi connectivity index (χ2v) is 9.03. The second kappa shape index (κ2) is 9.76. The second-order valence-electron chi connectivity index (χ2n) is 8.59. The van der Waals surface area contributed by atoms with Gasteiger partial charge in [-0.3, -0.25) is 15.0 Å². The number of fused-ring (bicyclic) bond motifs is 3. The maximum absolute atomic E-state index is 13.4. The molecule has 1 aliphatic rings. The van der Waals surface area contributed by atoms with Crippen LogP contribution >= 0.6 is 11.6 Å². The highest BCUT2D eigenvalue weighted by atomic mass is 35.5. The first kappa shape index (κ1) is 24.2. The molecular formula is C26H23ClN2O6. The third-order valence-corrected chi connectivity index (χ3v) is 6.32. The number of amides is 1. The summed E-state index contributed by atoms with van der Waals surface area (Å²) < 4.78 is 5.67. The summed E-state index contributed by atoms with van der Waals surface area (Å²) in [4.78, 5) is 37.4. The zero-order chi connectivity index (χ0) is 25.3. The summed E-state index contributed by atoms with van der Waals surface area (Å²) in [6, 6.07) is 17.8. The van der Waals surface area contributed by atoms with Gasteiger partial charge in [0.25, 0.3) is 5.69 Å².